The lowest BCUT2D eigenvalue weighted by Crippen LogP contribution is -1.95. The standard InChI is InChI=1S/C15H29O2S/c1-2-3-4-5-6-7-8-9-10-11-13-18-14-12-17-15-16/h2-14H2,1H3. The third-order valence-electron chi connectivity index (χ3n) is 3.03. The number of hydrogen-bond acceptors (Lipinski definition) is 3. The third-order valence-corrected chi connectivity index (χ3v) is 4.06. The van der Waals surface area contributed by atoms with Gasteiger partial charge in [-0.15, -0.1) is 0 Å². The molecule has 0 aromatic carbocycles. The van der Waals surface area contributed by atoms with Crippen LogP contribution in [0.25, 0.3) is 0 Å². The Bertz CT molecular complexity index is 163. The molecular weight excluding hydrogens is 244 g/mol. The molecule has 0 aromatic heterocycles. The van der Waals surface area contributed by atoms with Gasteiger partial charge in [0.05, 0.1) is 0 Å². The fourth-order valence-corrected chi connectivity index (χ4v) is 2.75. The summed E-state index contributed by atoms with van der Waals surface area (Å²) in [6.45, 7) is 4.22. The zero-order valence-corrected chi connectivity index (χ0v) is 12.7. The van der Waals surface area contributed by atoms with Gasteiger partial charge in [-0.2, -0.15) is 11.8 Å². The maximum absolute atomic E-state index is 9.77. The van der Waals surface area contributed by atoms with Crippen LogP contribution in [-0.4, -0.2) is 24.6 Å². The van der Waals surface area contributed by atoms with Gasteiger partial charge in [0.2, 0.25) is 0 Å². The van der Waals surface area contributed by atoms with E-state index in [9.17, 15) is 4.79 Å². The van der Waals surface area contributed by atoms with Crippen molar-refractivity contribution in [2.24, 2.45) is 0 Å². The van der Waals surface area contributed by atoms with Crippen molar-refractivity contribution in [3.05, 3.63) is 0 Å². The number of ether oxygens (including phenoxy) is 1. The van der Waals surface area contributed by atoms with Crippen LogP contribution < -0.4 is 0 Å². The van der Waals surface area contributed by atoms with Crippen LogP contribution in [0.1, 0.15) is 71.1 Å². The topological polar surface area (TPSA) is 26.3 Å². The molecule has 0 saturated heterocycles. The summed E-state index contributed by atoms with van der Waals surface area (Å²) in [5, 5.41) is 0. The molecule has 0 unspecified atom stereocenters. The molecule has 0 aromatic rings. The number of thioether (sulfide) groups is 1. The molecule has 0 saturated carbocycles. The van der Waals surface area contributed by atoms with Crippen LogP contribution in [0.5, 0.6) is 0 Å². The highest BCUT2D eigenvalue weighted by Crippen LogP contribution is 2.12. The Hall–Kier alpha value is -0.180. The summed E-state index contributed by atoms with van der Waals surface area (Å²) in [6, 6.07) is 0. The van der Waals surface area contributed by atoms with E-state index in [0.717, 1.165) is 5.75 Å². The van der Waals surface area contributed by atoms with Gasteiger partial charge in [0.25, 0.3) is 0 Å². The van der Waals surface area contributed by atoms with E-state index in [1.807, 2.05) is 11.8 Å². The van der Waals surface area contributed by atoms with Crippen LogP contribution in [0, 0.1) is 0 Å². The fraction of sp³-hybridized carbons (Fsp3) is 0.933. The highest BCUT2D eigenvalue weighted by molar-refractivity contribution is 7.99. The summed E-state index contributed by atoms with van der Waals surface area (Å²) >= 11 is 1.87. The molecule has 0 rings (SSSR count). The number of unbranched alkanes of at least 4 members (excludes halogenated alkanes) is 9. The van der Waals surface area contributed by atoms with E-state index < -0.39 is 0 Å². The van der Waals surface area contributed by atoms with Crippen molar-refractivity contribution >= 4 is 18.2 Å². The first kappa shape index (κ1) is 17.8. The smallest absolute Gasteiger partial charge is 0.417 e. The normalized spacial score (nSPS) is 10.5. The van der Waals surface area contributed by atoms with Crippen molar-refractivity contribution in [3.8, 4) is 0 Å². The molecule has 1 radical (unpaired) electrons. The average Bonchev–Trinajstić information content (AvgIpc) is 2.39. The minimum absolute atomic E-state index is 0.506. The largest absolute Gasteiger partial charge is 0.456 e. The van der Waals surface area contributed by atoms with Gasteiger partial charge in [-0.05, 0) is 12.2 Å². The van der Waals surface area contributed by atoms with Gasteiger partial charge in [-0.25, -0.2) is 4.79 Å². The second kappa shape index (κ2) is 16.8. The summed E-state index contributed by atoms with van der Waals surface area (Å²) in [5.74, 6) is 2.10. The van der Waals surface area contributed by atoms with Gasteiger partial charge >= 0.3 is 6.47 Å². The monoisotopic (exact) mass is 273 g/mol. The quantitative estimate of drug-likeness (QED) is 0.404. The molecule has 0 aliphatic rings. The predicted octanol–water partition coefficient (Wildman–Crippen LogP) is 4.72. The third kappa shape index (κ3) is 15.8. The van der Waals surface area contributed by atoms with Crippen LogP contribution in [0.2, 0.25) is 0 Å². The average molecular weight is 273 g/mol. The molecule has 3 heteroatoms. The van der Waals surface area contributed by atoms with Gasteiger partial charge < -0.3 is 4.74 Å². The Morgan fingerprint density at radius 1 is 0.833 bits per heavy atom. The van der Waals surface area contributed by atoms with Crippen LogP contribution >= 0.6 is 11.8 Å². The lowest BCUT2D eigenvalue weighted by atomic mass is 10.1. The van der Waals surface area contributed by atoms with E-state index in [2.05, 4.69) is 11.7 Å². The SMILES string of the molecule is CCCCCCCCCCCCSCCO[C]=O. The van der Waals surface area contributed by atoms with Gasteiger partial charge in [0, 0.05) is 5.75 Å². The minimum atomic E-state index is 0.506. The summed E-state index contributed by atoms with van der Waals surface area (Å²) < 4.78 is 4.51. The maximum atomic E-state index is 9.77. The number of carbonyl (C=O) groups excluding carboxylic acids is 1. The molecule has 0 heterocycles. The molecule has 0 aliphatic heterocycles. The van der Waals surface area contributed by atoms with Crippen molar-refractivity contribution in [1.29, 1.82) is 0 Å². The van der Waals surface area contributed by atoms with E-state index in [-0.39, 0.29) is 0 Å². The van der Waals surface area contributed by atoms with Crippen LogP contribution in [0.3, 0.4) is 0 Å². The second-order valence-corrected chi connectivity index (χ2v) is 5.95. The Morgan fingerprint density at radius 2 is 1.39 bits per heavy atom. The predicted molar refractivity (Wildman–Crippen MR) is 80.8 cm³/mol. The second-order valence-electron chi connectivity index (χ2n) is 4.73. The minimum Gasteiger partial charge on any atom is -0.456 e. The molecule has 18 heavy (non-hydrogen) atoms. The van der Waals surface area contributed by atoms with E-state index in [0.29, 0.717) is 6.61 Å². The van der Waals surface area contributed by atoms with Crippen molar-refractivity contribution in [1.82, 2.24) is 0 Å². The number of hydrogen-bond donors (Lipinski definition) is 0. The lowest BCUT2D eigenvalue weighted by molar-refractivity contribution is 0.299. The fourth-order valence-electron chi connectivity index (χ4n) is 1.94. The van der Waals surface area contributed by atoms with E-state index in [1.165, 1.54) is 76.4 Å². The Morgan fingerprint density at radius 3 is 1.94 bits per heavy atom. The first-order chi connectivity index (χ1) is 8.91. The van der Waals surface area contributed by atoms with Crippen LogP contribution in [0.15, 0.2) is 0 Å². The highest BCUT2D eigenvalue weighted by Gasteiger charge is 1.93. The molecule has 0 aliphatic carbocycles. The zero-order valence-electron chi connectivity index (χ0n) is 11.9. The van der Waals surface area contributed by atoms with E-state index in [1.54, 1.807) is 0 Å². The first-order valence-corrected chi connectivity index (χ1v) is 8.64. The molecule has 0 amide bonds. The number of rotatable bonds is 15. The Kier molecular flexibility index (Phi) is 16.7. The van der Waals surface area contributed by atoms with Gasteiger partial charge in [-0.3, -0.25) is 0 Å². The summed E-state index contributed by atoms with van der Waals surface area (Å²) in [7, 11) is 0. The van der Waals surface area contributed by atoms with Crippen molar-refractivity contribution in [3.63, 3.8) is 0 Å². The Balaban J connectivity index is 2.88. The summed E-state index contributed by atoms with van der Waals surface area (Å²) in [5.41, 5.74) is 0. The van der Waals surface area contributed by atoms with Gasteiger partial charge in [0.1, 0.15) is 6.61 Å². The molecule has 0 N–H and O–H groups in total. The Labute approximate surface area is 117 Å². The van der Waals surface area contributed by atoms with E-state index >= 15 is 0 Å². The zero-order chi connectivity index (χ0) is 13.3. The highest BCUT2D eigenvalue weighted by atomic mass is 32.2. The molecule has 0 fully saturated rings. The maximum Gasteiger partial charge on any atom is 0.417 e. The van der Waals surface area contributed by atoms with Gasteiger partial charge in [0.15, 0.2) is 0 Å². The van der Waals surface area contributed by atoms with Crippen molar-refractivity contribution in [2.75, 3.05) is 18.1 Å². The lowest BCUT2D eigenvalue weighted by Gasteiger charge is -2.02. The molecule has 107 valence electrons. The molecule has 0 bridgehead atoms. The van der Waals surface area contributed by atoms with Crippen molar-refractivity contribution in [2.45, 2.75) is 71.1 Å². The molecule has 2 nitrogen and oxygen atoms in total. The van der Waals surface area contributed by atoms with Crippen molar-refractivity contribution < 1.29 is 9.53 Å². The molecule has 0 atom stereocenters. The van der Waals surface area contributed by atoms with Crippen LogP contribution in [0.4, 0.5) is 0 Å². The first-order valence-electron chi connectivity index (χ1n) is 7.48. The summed E-state index contributed by atoms with van der Waals surface area (Å²) in [4.78, 5) is 9.77. The molecule has 0 spiro atoms. The van der Waals surface area contributed by atoms with Crippen LogP contribution in [-0.2, 0) is 9.53 Å². The molecular formula is C15H29O2S. The van der Waals surface area contributed by atoms with E-state index in [4.69, 9.17) is 0 Å². The van der Waals surface area contributed by atoms with Gasteiger partial charge in [-0.1, -0.05) is 64.7 Å². The summed E-state index contributed by atoms with van der Waals surface area (Å²) in [6.07, 6.45) is 13.9.